The quantitative estimate of drug-likeness (QED) is 0.838. The number of anilines is 1. The fourth-order valence-corrected chi connectivity index (χ4v) is 2.81. The van der Waals surface area contributed by atoms with Gasteiger partial charge in [0.05, 0.1) is 5.75 Å². The topological polar surface area (TPSA) is 59.8 Å². The van der Waals surface area contributed by atoms with Gasteiger partial charge in [-0.15, -0.1) is 10.2 Å². The van der Waals surface area contributed by atoms with Gasteiger partial charge in [0.15, 0.2) is 5.16 Å². The second-order valence-corrected chi connectivity index (χ2v) is 5.98. The van der Waals surface area contributed by atoms with Crippen molar-refractivity contribution < 1.29 is 4.79 Å². The molecule has 20 heavy (non-hydrogen) atoms. The highest BCUT2D eigenvalue weighted by Gasteiger charge is 2.10. The number of benzene rings is 1. The summed E-state index contributed by atoms with van der Waals surface area (Å²) in [4.78, 5) is 11.9. The highest BCUT2D eigenvalue weighted by atomic mass is 79.9. The van der Waals surface area contributed by atoms with Crippen LogP contribution in [0, 0.1) is 6.92 Å². The number of carbonyl (C=O) groups is 1. The van der Waals surface area contributed by atoms with E-state index in [0.29, 0.717) is 5.75 Å². The summed E-state index contributed by atoms with van der Waals surface area (Å²) in [5.41, 5.74) is 0.784. The Labute approximate surface area is 130 Å². The maximum Gasteiger partial charge on any atom is 0.234 e. The molecule has 0 fully saturated rings. The van der Waals surface area contributed by atoms with Crippen molar-refractivity contribution in [2.24, 2.45) is 0 Å². The maximum atomic E-state index is 11.9. The summed E-state index contributed by atoms with van der Waals surface area (Å²) in [7, 11) is 0. The molecular formula is C13H15BrN4OS. The number of nitrogens with one attached hydrogen (secondary N) is 1. The van der Waals surface area contributed by atoms with E-state index in [0.717, 1.165) is 27.7 Å². The third-order valence-corrected chi connectivity index (χ3v) is 4.17. The second-order valence-electron chi connectivity index (χ2n) is 4.12. The monoisotopic (exact) mass is 354 g/mol. The molecule has 1 aromatic carbocycles. The predicted octanol–water partition coefficient (Wildman–Crippen LogP) is 3.10. The van der Waals surface area contributed by atoms with Crippen LogP contribution in [0.4, 0.5) is 5.69 Å². The molecule has 0 radical (unpaired) electrons. The van der Waals surface area contributed by atoms with Crippen LogP contribution in [0.5, 0.6) is 0 Å². The molecule has 1 aromatic heterocycles. The van der Waals surface area contributed by atoms with Crippen LogP contribution in [0.15, 0.2) is 33.9 Å². The SMILES string of the molecule is CCn1c(C)nnc1SCC(=O)Nc1ccc(Br)cc1. The van der Waals surface area contributed by atoms with Gasteiger partial charge in [0.2, 0.25) is 5.91 Å². The Hall–Kier alpha value is -1.34. The zero-order chi connectivity index (χ0) is 14.5. The molecule has 2 aromatic rings. The first-order chi connectivity index (χ1) is 9.60. The van der Waals surface area contributed by atoms with Gasteiger partial charge in [-0.25, -0.2) is 0 Å². The van der Waals surface area contributed by atoms with Crippen LogP contribution in [-0.4, -0.2) is 26.4 Å². The summed E-state index contributed by atoms with van der Waals surface area (Å²) in [6, 6.07) is 7.48. The van der Waals surface area contributed by atoms with E-state index in [4.69, 9.17) is 0 Å². The van der Waals surface area contributed by atoms with E-state index in [1.54, 1.807) is 0 Å². The summed E-state index contributed by atoms with van der Waals surface area (Å²) in [5.74, 6) is 1.12. The van der Waals surface area contributed by atoms with Crippen molar-refractivity contribution in [2.75, 3.05) is 11.1 Å². The summed E-state index contributed by atoms with van der Waals surface area (Å²) in [6.45, 7) is 4.74. The van der Waals surface area contributed by atoms with Crippen molar-refractivity contribution in [3.63, 3.8) is 0 Å². The average Bonchev–Trinajstić information content (AvgIpc) is 2.79. The van der Waals surface area contributed by atoms with Crippen LogP contribution in [0.1, 0.15) is 12.7 Å². The van der Waals surface area contributed by atoms with Gasteiger partial charge < -0.3 is 9.88 Å². The first-order valence-electron chi connectivity index (χ1n) is 6.18. The van der Waals surface area contributed by atoms with E-state index in [-0.39, 0.29) is 5.91 Å². The fourth-order valence-electron chi connectivity index (χ4n) is 1.69. The van der Waals surface area contributed by atoms with Gasteiger partial charge in [-0.2, -0.15) is 0 Å². The molecular weight excluding hydrogens is 340 g/mol. The third-order valence-electron chi connectivity index (χ3n) is 2.68. The Morgan fingerprint density at radius 1 is 1.35 bits per heavy atom. The maximum absolute atomic E-state index is 11.9. The van der Waals surface area contributed by atoms with Crippen LogP contribution >= 0.6 is 27.7 Å². The van der Waals surface area contributed by atoms with Crippen molar-refractivity contribution in [2.45, 2.75) is 25.5 Å². The number of aromatic nitrogens is 3. The first kappa shape index (κ1) is 15.1. The Balaban J connectivity index is 1.90. The van der Waals surface area contributed by atoms with E-state index in [9.17, 15) is 4.79 Å². The van der Waals surface area contributed by atoms with Crippen molar-refractivity contribution in [3.8, 4) is 0 Å². The molecule has 0 saturated heterocycles. The summed E-state index contributed by atoms with van der Waals surface area (Å²) in [6.07, 6.45) is 0. The smallest absolute Gasteiger partial charge is 0.234 e. The van der Waals surface area contributed by atoms with E-state index in [1.165, 1.54) is 11.8 Å². The van der Waals surface area contributed by atoms with Crippen LogP contribution in [0.3, 0.4) is 0 Å². The van der Waals surface area contributed by atoms with Crippen molar-refractivity contribution in [1.82, 2.24) is 14.8 Å². The number of halogens is 1. The number of aryl methyl sites for hydroxylation is 1. The van der Waals surface area contributed by atoms with Gasteiger partial charge in [0.25, 0.3) is 0 Å². The van der Waals surface area contributed by atoms with Gasteiger partial charge in [-0.1, -0.05) is 27.7 Å². The molecule has 2 rings (SSSR count). The molecule has 0 saturated carbocycles. The molecule has 0 aliphatic carbocycles. The van der Waals surface area contributed by atoms with Crippen LogP contribution in [-0.2, 0) is 11.3 Å². The number of carbonyl (C=O) groups excluding carboxylic acids is 1. The van der Waals surface area contributed by atoms with Crippen LogP contribution in [0.25, 0.3) is 0 Å². The molecule has 106 valence electrons. The predicted molar refractivity (Wildman–Crippen MR) is 83.9 cm³/mol. The van der Waals surface area contributed by atoms with E-state index in [1.807, 2.05) is 42.7 Å². The number of amides is 1. The van der Waals surface area contributed by atoms with Crippen molar-refractivity contribution >= 4 is 39.3 Å². The lowest BCUT2D eigenvalue weighted by Crippen LogP contribution is -2.14. The molecule has 0 spiro atoms. The lowest BCUT2D eigenvalue weighted by molar-refractivity contribution is -0.113. The number of nitrogens with zero attached hydrogens (tertiary/aromatic N) is 3. The molecule has 1 N–H and O–H groups in total. The Morgan fingerprint density at radius 3 is 2.70 bits per heavy atom. The highest BCUT2D eigenvalue weighted by molar-refractivity contribution is 9.10. The zero-order valence-corrected chi connectivity index (χ0v) is 13.7. The Kier molecular flexibility index (Phi) is 5.19. The minimum Gasteiger partial charge on any atom is -0.325 e. The first-order valence-corrected chi connectivity index (χ1v) is 7.96. The van der Waals surface area contributed by atoms with Gasteiger partial charge in [0, 0.05) is 16.7 Å². The highest BCUT2D eigenvalue weighted by Crippen LogP contribution is 2.18. The molecule has 0 bridgehead atoms. The Bertz CT molecular complexity index is 597. The zero-order valence-electron chi connectivity index (χ0n) is 11.3. The molecule has 1 heterocycles. The third kappa shape index (κ3) is 3.83. The van der Waals surface area contributed by atoms with Crippen LogP contribution < -0.4 is 5.32 Å². The fraction of sp³-hybridized carbons (Fsp3) is 0.308. The largest absolute Gasteiger partial charge is 0.325 e. The lowest BCUT2D eigenvalue weighted by atomic mass is 10.3. The van der Waals surface area contributed by atoms with Gasteiger partial charge in [0.1, 0.15) is 5.82 Å². The Morgan fingerprint density at radius 2 is 2.05 bits per heavy atom. The van der Waals surface area contributed by atoms with E-state index in [2.05, 4.69) is 31.4 Å². The number of rotatable bonds is 5. The van der Waals surface area contributed by atoms with Crippen LogP contribution in [0.2, 0.25) is 0 Å². The molecule has 5 nitrogen and oxygen atoms in total. The molecule has 0 aliphatic heterocycles. The lowest BCUT2D eigenvalue weighted by Gasteiger charge is -2.06. The minimum absolute atomic E-state index is 0.0550. The standard InChI is InChI=1S/C13H15BrN4OS/c1-3-18-9(2)16-17-13(18)20-8-12(19)15-11-6-4-10(14)5-7-11/h4-7H,3,8H2,1-2H3,(H,15,19). The van der Waals surface area contributed by atoms with Gasteiger partial charge >= 0.3 is 0 Å². The minimum atomic E-state index is -0.0550. The molecule has 7 heteroatoms. The molecule has 0 aliphatic rings. The molecule has 1 amide bonds. The van der Waals surface area contributed by atoms with E-state index < -0.39 is 0 Å². The normalized spacial score (nSPS) is 10.6. The van der Waals surface area contributed by atoms with Crippen molar-refractivity contribution in [3.05, 3.63) is 34.6 Å². The van der Waals surface area contributed by atoms with Crippen molar-refractivity contribution in [1.29, 1.82) is 0 Å². The molecule has 0 atom stereocenters. The summed E-state index contributed by atoms with van der Waals surface area (Å²) >= 11 is 4.75. The number of hydrogen-bond donors (Lipinski definition) is 1. The summed E-state index contributed by atoms with van der Waals surface area (Å²) < 4.78 is 2.97. The second kappa shape index (κ2) is 6.90. The van der Waals surface area contributed by atoms with Gasteiger partial charge in [-0.3, -0.25) is 4.79 Å². The number of hydrogen-bond acceptors (Lipinski definition) is 4. The number of thioether (sulfide) groups is 1. The summed E-state index contributed by atoms with van der Waals surface area (Å²) in [5, 5.41) is 11.7. The van der Waals surface area contributed by atoms with E-state index >= 15 is 0 Å². The van der Waals surface area contributed by atoms with Gasteiger partial charge in [-0.05, 0) is 38.1 Å². The average molecular weight is 355 g/mol. The molecule has 0 unspecified atom stereocenters.